The molecule has 0 bridgehead atoms. The van der Waals surface area contributed by atoms with E-state index in [0.29, 0.717) is 6.42 Å². The van der Waals surface area contributed by atoms with Crippen LogP contribution in [0.15, 0.2) is 22.3 Å². The number of ketones is 1. The normalized spacial score (nSPS) is 30.5. The lowest BCUT2D eigenvalue weighted by atomic mass is 9.99. The van der Waals surface area contributed by atoms with Crippen LogP contribution < -0.4 is 0 Å². The number of rotatable bonds is 2. The third-order valence-corrected chi connectivity index (χ3v) is 2.13. The lowest BCUT2D eigenvalue weighted by molar-refractivity contribution is -0.116. The first-order chi connectivity index (χ1) is 5.16. The minimum atomic E-state index is -0.904. The number of carbonyl (C=O) groups excluding carboxylic acids is 1. The average molecular weight is 264 g/mol. The summed E-state index contributed by atoms with van der Waals surface area (Å²) in [5.41, 5.74) is -0.904. The molecule has 0 aromatic rings. The van der Waals surface area contributed by atoms with Gasteiger partial charge in [-0.1, -0.05) is 28.7 Å². The zero-order valence-corrected chi connectivity index (χ0v) is 8.11. The fourth-order valence-corrected chi connectivity index (χ4v) is 1.31. The second-order valence-corrected chi connectivity index (χ2v) is 3.36. The third-order valence-electron chi connectivity index (χ3n) is 1.62. The molecule has 1 atom stereocenters. The summed E-state index contributed by atoms with van der Waals surface area (Å²) in [7, 11) is 0. The smallest absolute Gasteiger partial charge is 0.158 e. The molecule has 1 aliphatic carbocycles. The van der Waals surface area contributed by atoms with Gasteiger partial charge in [-0.2, -0.15) is 0 Å². The van der Waals surface area contributed by atoms with E-state index >= 15 is 0 Å². The van der Waals surface area contributed by atoms with Crippen LogP contribution in [0.5, 0.6) is 0 Å². The van der Waals surface area contributed by atoms with Crippen LogP contribution in [0.4, 0.5) is 0 Å². The molecule has 0 aromatic carbocycles. The van der Waals surface area contributed by atoms with Gasteiger partial charge in [0, 0.05) is 6.42 Å². The molecule has 0 aliphatic heterocycles. The molecule has 0 heterocycles. The van der Waals surface area contributed by atoms with E-state index in [4.69, 9.17) is 0 Å². The van der Waals surface area contributed by atoms with Gasteiger partial charge in [-0.05, 0) is 22.7 Å². The van der Waals surface area contributed by atoms with Crippen LogP contribution >= 0.6 is 22.6 Å². The number of hydrogen-bond donors (Lipinski definition) is 1. The Balaban J connectivity index is 2.56. The summed E-state index contributed by atoms with van der Waals surface area (Å²) >= 11 is 2.09. The molecule has 2 nitrogen and oxygen atoms in total. The summed E-state index contributed by atoms with van der Waals surface area (Å²) in [4.78, 5) is 10.7. The first-order valence-corrected chi connectivity index (χ1v) is 4.60. The van der Waals surface area contributed by atoms with Gasteiger partial charge in [-0.15, -0.1) is 0 Å². The molecule has 60 valence electrons. The van der Waals surface area contributed by atoms with Crippen molar-refractivity contribution in [1.82, 2.24) is 0 Å². The van der Waals surface area contributed by atoms with Crippen molar-refractivity contribution in [3.05, 3.63) is 22.3 Å². The number of aliphatic hydroxyl groups is 1. The highest BCUT2D eigenvalue weighted by Gasteiger charge is 2.29. The lowest BCUT2D eigenvalue weighted by Crippen LogP contribution is -2.23. The minimum Gasteiger partial charge on any atom is -0.385 e. The molecule has 1 rings (SSSR count). The number of halogens is 1. The Morgan fingerprint density at radius 2 is 2.55 bits per heavy atom. The molecule has 1 aliphatic rings. The molecule has 0 radical (unpaired) electrons. The van der Waals surface area contributed by atoms with Gasteiger partial charge in [0.25, 0.3) is 0 Å². The fraction of sp³-hybridized carbons (Fsp3) is 0.375. The second-order valence-electron chi connectivity index (χ2n) is 2.65. The van der Waals surface area contributed by atoms with E-state index in [0.717, 1.165) is 0 Å². The highest BCUT2D eigenvalue weighted by molar-refractivity contribution is 14.1. The zero-order valence-electron chi connectivity index (χ0n) is 5.96. The van der Waals surface area contributed by atoms with Crippen molar-refractivity contribution in [2.45, 2.75) is 18.4 Å². The van der Waals surface area contributed by atoms with Gasteiger partial charge in [0.05, 0.1) is 5.60 Å². The first kappa shape index (κ1) is 8.93. The van der Waals surface area contributed by atoms with Crippen LogP contribution in [0.2, 0.25) is 0 Å². The molecular weight excluding hydrogens is 255 g/mol. The van der Waals surface area contributed by atoms with Crippen LogP contribution in [0, 0.1) is 0 Å². The largest absolute Gasteiger partial charge is 0.385 e. The number of carbonyl (C=O) groups is 1. The van der Waals surface area contributed by atoms with E-state index in [1.54, 1.807) is 6.08 Å². The highest BCUT2D eigenvalue weighted by atomic mass is 127. The highest BCUT2D eigenvalue weighted by Crippen LogP contribution is 2.24. The summed E-state index contributed by atoms with van der Waals surface area (Å²) in [6.45, 7) is 0. The summed E-state index contributed by atoms with van der Waals surface area (Å²) in [5.74, 6) is 0.00866. The van der Waals surface area contributed by atoms with Gasteiger partial charge in [0.1, 0.15) is 0 Å². The van der Waals surface area contributed by atoms with Crippen LogP contribution in [0.25, 0.3) is 0 Å². The maximum atomic E-state index is 10.7. The molecular formula is C8H9IO2. The van der Waals surface area contributed by atoms with Gasteiger partial charge >= 0.3 is 0 Å². The molecule has 1 N–H and O–H groups in total. The Morgan fingerprint density at radius 3 is 3.00 bits per heavy atom. The van der Waals surface area contributed by atoms with Crippen LogP contribution in [-0.4, -0.2) is 16.5 Å². The van der Waals surface area contributed by atoms with Crippen molar-refractivity contribution in [1.29, 1.82) is 0 Å². The maximum Gasteiger partial charge on any atom is 0.158 e. The van der Waals surface area contributed by atoms with Gasteiger partial charge in [-0.3, -0.25) is 4.79 Å². The molecule has 0 saturated carbocycles. The Labute approximate surface area is 79.1 Å². The van der Waals surface area contributed by atoms with Crippen LogP contribution in [0.1, 0.15) is 12.8 Å². The summed E-state index contributed by atoms with van der Waals surface area (Å²) in [6.07, 6.45) is 5.63. The average Bonchev–Trinajstić information content (AvgIpc) is 2.28. The van der Waals surface area contributed by atoms with E-state index in [9.17, 15) is 9.90 Å². The second kappa shape index (κ2) is 3.49. The van der Waals surface area contributed by atoms with E-state index in [1.165, 1.54) is 6.08 Å². The Morgan fingerprint density at radius 1 is 1.82 bits per heavy atom. The van der Waals surface area contributed by atoms with Crippen LogP contribution in [-0.2, 0) is 4.79 Å². The molecule has 0 fully saturated rings. The quantitative estimate of drug-likeness (QED) is 0.769. The predicted molar refractivity (Wildman–Crippen MR) is 51.5 cm³/mol. The van der Waals surface area contributed by atoms with Crippen molar-refractivity contribution in [3.63, 3.8) is 0 Å². The number of hydrogen-bond acceptors (Lipinski definition) is 2. The fourth-order valence-electron chi connectivity index (χ4n) is 1.06. The molecule has 0 saturated heterocycles. The van der Waals surface area contributed by atoms with Crippen molar-refractivity contribution in [3.8, 4) is 0 Å². The molecule has 11 heavy (non-hydrogen) atoms. The van der Waals surface area contributed by atoms with E-state index in [-0.39, 0.29) is 12.2 Å². The Kier molecular flexibility index (Phi) is 2.84. The molecule has 0 aromatic heterocycles. The van der Waals surface area contributed by atoms with E-state index in [2.05, 4.69) is 22.6 Å². The molecule has 0 amide bonds. The van der Waals surface area contributed by atoms with Crippen molar-refractivity contribution in [2.24, 2.45) is 0 Å². The topological polar surface area (TPSA) is 37.3 Å². The maximum absolute atomic E-state index is 10.7. The van der Waals surface area contributed by atoms with E-state index in [1.807, 2.05) is 10.2 Å². The van der Waals surface area contributed by atoms with Crippen molar-refractivity contribution in [2.75, 3.05) is 0 Å². The monoisotopic (exact) mass is 264 g/mol. The molecule has 0 spiro atoms. The van der Waals surface area contributed by atoms with Gasteiger partial charge < -0.3 is 5.11 Å². The lowest BCUT2D eigenvalue weighted by Gasteiger charge is -2.16. The van der Waals surface area contributed by atoms with Gasteiger partial charge in [-0.25, -0.2) is 0 Å². The molecule has 0 unspecified atom stereocenters. The summed E-state index contributed by atoms with van der Waals surface area (Å²) in [6, 6.07) is 0. The third kappa shape index (κ3) is 2.41. The summed E-state index contributed by atoms with van der Waals surface area (Å²) < 4.78 is 1.84. The van der Waals surface area contributed by atoms with Crippen molar-refractivity contribution < 1.29 is 9.90 Å². The van der Waals surface area contributed by atoms with Crippen molar-refractivity contribution >= 4 is 28.4 Å². The summed E-state index contributed by atoms with van der Waals surface area (Å²) in [5, 5.41) is 9.63. The van der Waals surface area contributed by atoms with E-state index < -0.39 is 5.60 Å². The Bertz CT molecular complexity index is 220. The standard InChI is InChI=1S/C8H9IO2/c9-5-1-3-8(11)4-2-7(10)6-8/h1-2,4-5,11H,3,6H2/b5-1-/t8-/m0/s1. The molecule has 3 heteroatoms. The predicted octanol–water partition coefficient (Wildman–Crippen LogP) is 1.59. The zero-order chi connectivity index (χ0) is 8.32. The van der Waals surface area contributed by atoms with Gasteiger partial charge in [0.15, 0.2) is 5.78 Å². The van der Waals surface area contributed by atoms with Crippen LogP contribution in [0.3, 0.4) is 0 Å². The minimum absolute atomic E-state index is 0.00866. The Hall–Kier alpha value is -0.160. The van der Waals surface area contributed by atoms with Gasteiger partial charge in [0.2, 0.25) is 0 Å². The first-order valence-electron chi connectivity index (χ1n) is 3.36. The number of allylic oxidation sites excluding steroid dienone is 1. The SMILES string of the molecule is O=C1C=C[C@@](O)(C/C=C\I)C1.